The van der Waals surface area contributed by atoms with Gasteiger partial charge in [0.25, 0.3) is 0 Å². The summed E-state index contributed by atoms with van der Waals surface area (Å²) in [6.07, 6.45) is 9.39. The molecule has 19 heavy (non-hydrogen) atoms. The van der Waals surface area contributed by atoms with Crippen molar-refractivity contribution in [3.05, 3.63) is 0 Å². The van der Waals surface area contributed by atoms with E-state index in [0.717, 1.165) is 44.9 Å². The van der Waals surface area contributed by atoms with Gasteiger partial charge in [0.15, 0.2) is 9.84 Å². The van der Waals surface area contributed by atoms with Gasteiger partial charge in [0, 0.05) is 6.04 Å². The first-order valence-electron chi connectivity index (χ1n) is 7.99. The molecule has 2 saturated carbocycles. The minimum absolute atomic E-state index is 0.0577. The van der Waals surface area contributed by atoms with Crippen LogP contribution in [0.1, 0.15) is 64.7 Å². The molecule has 0 saturated heterocycles. The van der Waals surface area contributed by atoms with Crippen molar-refractivity contribution in [1.82, 2.24) is 5.32 Å². The van der Waals surface area contributed by atoms with Crippen molar-refractivity contribution in [2.45, 2.75) is 81.3 Å². The van der Waals surface area contributed by atoms with Gasteiger partial charge in [0.2, 0.25) is 0 Å². The third-order valence-electron chi connectivity index (χ3n) is 5.29. The van der Waals surface area contributed by atoms with Crippen LogP contribution in [0.15, 0.2) is 0 Å². The van der Waals surface area contributed by atoms with Gasteiger partial charge in [0.05, 0.1) is 10.5 Å². The smallest absolute Gasteiger partial charge is 0.157 e. The van der Waals surface area contributed by atoms with E-state index >= 15 is 0 Å². The highest BCUT2D eigenvalue weighted by molar-refractivity contribution is 7.92. The van der Waals surface area contributed by atoms with Crippen LogP contribution >= 0.6 is 0 Å². The summed E-state index contributed by atoms with van der Waals surface area (Å²) in [6, 6.07) is 0.176. The summed E-state index contributed by atoms with van der Waals surface area (Å²) < 4.78 is 25.9. The number of hydrogen-bond acceptors (Lipinski definition) is 3. The van der Waals surface area contributed by atoms with Crippen LogP contribution in [0.5, 0.6) is 0 Å². The van der Waals surface area contributed by atoms with Gasteiger partial charge in [0.1, 0.15) is 0 Å². The highest BCUT2D eigenvalue weighted by Crippen LogP contribution is 2.35. The summed E-state index contributed by atoms with van der Waals surface area (Å²) in [5.74, 6) is 0.605. The maximum Gasteiger partial charge on any atom is 0.157 e. The van der Waals surface area contributed by atoms with Crippen LogP contribution < -0.4 is 5.32 Å². The molecule has 0 bridgehead atoms. The summed E-state index contributed by atoms with van der Waals surface area (Å²) in [6.45, 7) is 2.19. The fourth-order valence-electron chi connectivity index (χ4n) is 3.92. The lowest BCUT2D eigenvalue weighted by molar-refractivity contribution is 0.294. The molecule has 3 nitrogen and oxygen atoms in total. The Kier molecular flexibility index (Phi) is 5.29. The van der Waals surface area contributed by atoms with E-state index in [1.165, 1.54) is 12.8 Å². The molecule has 0 aromatic carbocycles. The second kappa shape index (κ2) is 6.57. The Morgan fingerprint density at radius 3 is 2.32 bits per heavy atom. The highest BCUT2D eigenvalue weighted by atomic mass is 32.2. The van der Waals surface area contributed by atoms with Crippen molar-refractivity contribution in [3.63, 3.8) is 0 Å². The summed E-state index contributed by atoms with van der Waals surface area (Å²) in [5.41, 5.74) is 0. The fourth-order valence-corrected chi connectivity index (χ4v) is 6.67. The first kappa shape index (κ1) is 15.3. The molecule has 0 amide bonds. The van der Waals surface area contributed by atoms with Crippen LogP contribution in [0.2, 0.25) is 0 Å². The maximum absolute atomic E-state index is 12.9. The Hall–Kier alpha value is -0.0900. The van der Waals surface area contributed by atoms with E-state index in [0.29, 0.717) is 5.92 Å². The summed E-state index contributed by atoms with van der Waals surface area (Å²) in [7, 11) is -1.03. The minimum Gasteiger partial charge on any atom is -0.316 e. The molecule has 0 aromatic heterocycles. The Labute approximate surface area is 118 Å². The van der Waals surface area contributed by atoms with Crippen LogP contribution in [0.25, 0.3) is 0 Å². The van der Waals surface area contributed by atoms with Crippen LogP contribution in [-0.4, -0.2) is 32.0 Å². The van der Waals surface area contributed by atoms with E-state index in [1.807, 2.05) is 7.05 Å². The molecule has 2 aliphatic carbocycles. The van der Waals surface area contributed by atoms with E-state index in [9.17, 15) is 8.42 Å². The first-order chi connectivity index (χ1) is 9.09. The van der Waals surface area contributed by atoms with Gasteiger partial charge in [-0.05, 0) is 45.1 Å². The van der Waals surface area contributed by atoms with Gasteiger partial charge in [-0.3, -0.25) is 0 Å². The highest BCUT2D eigenvalue weighted by Gasteiger charge is 2.41. The predicted molar refractivity (Wildman–Crippen MR) is 80.1 cm³/mol. The van der Waals surface area contributed by atoms with E-state index in [2.05, 4.69) is 12.2 Å². The van der Waals surface area contributed by atoms with Gasteiger partial charge in [-0.25, -0.2) is 8.42 Å². The van der Waals surface area contributed by atoms with Crippen molar-refractivity contribution >= 4 is 9.84 Å². The maximum atomic E-state index is 12.9. The monoisotopic (exact) mass is 287 g/mol. The van der Waals surface area contributed by atoms with E-state index in [-0.39, 0.29) is 16.5 Å². The second-order valence-corrected chi connectivity index (χ2v) is 8.82. The largest absolute Gasteiger partial charge is 0.316 e. The summed E-state index contributed by atoms with van der Waals surface area (Å²) in [4.78, 5) is 0. The van der Waals surface area contributed by atoms with Gasteiger partial charge in [-0.2, -0.15) is 0 Å². The number of nitrogens with one attached hydrogen (secondary N) is 1. The zero-order valence-electron chi connectivity index (χ0n) is 12.4. The first-order valence-corrected chi connectivity index (χ1v) is 9.60. The van der Waals surface area contributed by atoms with Crippen molar-refractivity contribution in [2.75, 3.05) is 7.05 Å². The van der Waals surface area contributed by atoms with Crippen molar-refractivity contribution in [1.29, 1.82) is 0 Å². The second-order valence-electron chi connectivity index (χ2n) is 6.37. The van der Waals surface area contributed by atoms with Crippen molar-refractivity contribution in [2.24, 2.45) is 5.92 Å². The Bertz CT molecular complexity index is 374. The zero-order chi connectivity index (χ0) is 13.9. The Morgan fingerprint density at radius 2 is 1.74 bits per heavy atom. The van der Waals surface area contributed by atoms with E-state index in [4.69, 9.17) is 0 Å². The quantitative estimate of drug-likeness (QED) is 0.865. The molecule has 0 spiro atoms. The fraction of sp³-hybridized carbons (Fsp3) is 1.00. The molecular formula is C15H29NO2S. The van der Waals surface area contributed by atoms with Gasteiger partial charge in [-0.15, -0.1) is 0 Å². The topological polar surface area (TPSA) is 46.2 Å². The normalized spacial score (nSPS) is 34.3. The van der Waals surface area contributed by atoms with Crippen molar-refractivity contribution < 1.29 is 8.42 Å². The SMILES string of the molecule is CCC1CCC(NC)C(S(=O)(=O)C2CCCCC2)C1. The number of rotatable bonds is 4. The molecule has 2 fully saturated rings. The summed E-state index contributed by atoms with van der Waals surface area (Å²) in [5, 5.41) is 3.07. The molecule has 0 radical (unpaired) electrons. The molecule has 3 atom stereocenters. The minimum atomic E-state index is -2.95. The summed E-state index contributed by atoms with van der Waals surface area (Å²) >= 11 is 0. The predicted octanol–water partition coefficient (Wildman–Crippen LogP) is 2.90. The Balaban J connectivity index is 2.14. The van der Waals surface area contributed by atoms with E-state index in [1.54, 1.807) is 0 Å². The molecule has 112 valence electrons. The molecule has 0 aromatic rings. The molecule has 1 N–H and O–H groups in total. The van der Waals surface area contributed by atoms with Crippen LogP contribution in [0.3, 0.4) is 0 Å². The third kappa shape index (κ3) is 3.33. The average Bonchev–Trinajstić information content (AvgIpc) is 2.47. The van der Waals surface area contributed by atoms with E-state index < -0.39 is 9.84 Å². The molecular weight excluding hydrogens is 258 g/mol. The molecule has 4 heteroatoms. The van der Waals surface area contributed by atoms with Crippen LogP contribution in [0.4, 0.5) is 0 Å². The average molecular weight is 287 g/mol. The van der Waals surface area contributed by atoms with Crippen LogP contribution in [0, 0.1) is 5.92 Å². The standard InChI is InChI=1S/C15H29NO2S/c1-3-12-9-10-14(16-2)15(11-12)19(17,18)13-7-5-4-6-8-13/h12-16H,3-11H2,1-2H3. The van der Waals surface area contributed by atoms with Gasteiger partial charge in [-0.1, -0.05) is 32.6 Å². The lowest BCUT2D eigenvalue weighted by Crippen LogP contribution is -2.49. The molecule has 2 rings (SSSR count). The number of hydrogen-bond donors (Lipinski definition) is 1. The van der Waals surface area contributed by atoms with Crippen LogP contribution in [-0.2, 0) is 9.84 Å². The lowest BCUT2D eigenvalue weighted by Gasteiger charge is -2.38. The van der Waals surface area contributed by atoms with Crippen molar-refractivity contribution in [3.8, 4) is 0 Å². The van der Waals surface area contributed by atoms with Gasteiger partial charge >= 0.3 is 0 Å². The number of sulfone groups is 1. The van der Waals surface area contributed by atoms with Gasteiger partial charge < -0.3 is 5.32 Å². The Morgan fingerprint density at radius 1 is 1.05 bits per heavy atom. The third-order valence-corrected chi connectivity index (χ3v) is 8.05. The molecule has 0 heterocycles. The molecule has 2 aliphatic rings. The zero-order valence-corrected chi connectivity index (χ0v) is 13.2. The molecule has 0 aliphatic heterocycles. The molecule has 3 unspecified atom stereocenters. The lowest BCUT2D eigenvalue weighted by atomic mass is 9.84.